The Kier molecular flexibility index (Phi) is 37.4. The van der Waals surface area contributed by atoms with Gasteiger partial charge in [-0.05, 0) is 126 Å². The van der Waals surface area contributed by atoms with Crippen molar-refractivity contribution in [3.63, 3.8) is 0 Å². The van der Waals surface area contributed by atoms with E-state index in [0.29, 0.717) is 54.4 Å². The molecule has 11 aromatic carbocycles. The molecule has 0 saturated heterocycles. The molecule has 0 saturated carbocycles. The molecule has 0 fully saturated rings. The van der Waals surface area contributed by atoms with E-state index >= 15 is 0 Å². The molecule has 596 valence electrons. The third-order valence-electron chi connectivity index (χ3n) is 15.6. The van der Waals surface area contributed by atoms with Crippen molar-refractivity contribution in [3.8, 4) is 90.1 Å². The van der Waals surface area contributed by atoms with Crippen LogP contribution in [0, 0.1) is 48.5 Å². The van der Waals surface area contributed by atoms with Crippen molar-refractivity contribution in [2.45, 2.75) is 14.9 Å². The first-order chi connectivity index (χ1) is 61.2. The number of benzene rings is 11. The largest absolute Gasteiger partial charge is 0.305 e. The number of aromatic nitrogens is 8. The van der Waals surface area contributed by atoms with Crippen molar-refractivity contribution in [3.05, 3.63) is 474 Å². The van der Waals surface area contributed by atoms with Gasteiger partial charge in [0.15, 0.2) is 0 Å². The van der Waals surface area contributed by atoms with Crippen LogP contribution < -0.4 is 0 Å². The van der Waals surface area contributed by atoms with Crippen molar-refractivity contribution in [2.24, 2.45) is 0 Å². The van der Waals surface area contributed by atoms with Crippen LogP contribution in [-0.2, 0) is 121 Å². The van der Waals surface area contributed by atoms with Crippen LogP contribution in [0.15, 0.2) is 425 Å². The zero-order valence-electron chi connectivity index (χ0n) is 77.3. The molecule has 19 rings (SSSR count). The van der Waals surface area contributed by atoms with Crippen LogP contribution in [0.25, 0.3) is 122 Å². The Labute approximate surface area is 789 Å². The Balaban J connectivity index is 0.00000147. The fraction of sp³-hybridized carbons (Fsp3) is 0.0196. The number of fused-ring (bicyclic) bond motifs is 3. The molecule has 0 unspecified atom stereocenters. The van der Waals surface area contributed by atoms with E-state index in [1.165, 1.54) is 18.6 Å². The number of rotatable bonds is 8. The van der Waals surface area contributed by atoms with Gasteiger partial charge in [-0.25, -0.2) is 0 Å². The Morgan fingerprint density at radius 1 is 0.190 bits per heavy atom. The minimum atomic E-state index is 0. The van der Waals surface area contributed by atoms with Gasteiger partial charge in [-0.1, -0.05) is 148 Å². The topological polar surface area (TPSA) is 103 Å². The van der Waals surface area contributed by atoms with E-state index in [2.05, 4.69) is 107 Å². The number of pyridine rings is 8. The summed E-state index contributed by atoms with van der Waals surface area (Å²) in [5, 5.41) is 6.74. The molecular weight excluding hydrogens is 2490 g/mol. The second-order valence-electron chi connectivity index (χ2n) is 22.8. The maximum Gasteiger partial charge on any atom is 0.0638 e. The first kappa shape index (κ1) is 77.8. The monoisotopic (exact) mass is 2600 g/mol. The molecule has 6 radical (unpaired) electrons. The summed E-state index contributed by atoms with van der Waals surface area (Å²) in [5.74, 6) is 0. The summed E-state index contributed by atoms with van der Waals surface area (Å²) >= 11 is 0. The van der Waals surface area contributed by atoms with Crippen LogP contribution in [0.3, 0.4) is 0 Å². The molecule has 19 aromatic rings. The van der Waals surface area contributed by atoms with Gasteiger partial charge < -0.3 is 39.9 Å². The van der Waals surface area contributed by atoms with Crippen LogP contribution in [-0.4, -0.2) is 39.9 Å². The molecule has 8 heterocycles. The minimum Gasteiger partial charge on any atom is -0.305 e. The van der Waals surface area contributed by atoms with E-state index in [4.69, 9.17) is 24.2 Å². The molecule has 0 atom stereocenters. The van der Waals surface area contributed by atoms with Gasteiger partial charge in [0.1, 0.15) is 0 Å². The third kappa shape index (κ3) is 30.5. The van der Waals surface area contributed by atoms with Crippen molar-refractivity contribution >= 4 is 32.3 Å². The van der Waals surface area contributed by atoms with Crippen LogP contribution in [0.4, 0.5) is 0 Å². The molecule has 8 nitrogen and oxygen atoms in total. The van der Waals surface area contributed by atoms with Gasteiger partial charge in [0.25, 0.3) is 0 Å². The van der Waals surface area contributed by atoms with Crippen LogP contribution in [0.2, 0.25) is 0 Å². The standard InChI is InChI=1S/3C15H10N.5C11H8N.2CH4.6Ir.4H2/c3*1-2-7-13(8-3-1)15-14-9-5-4-6-12(14)10-11-16-15;5*1-2-6-10(7-3-1)11-8-4-5-9-12-11;;;;;;;;;;;;/h3*1-7,9-11H;5*1-6,8-9H;2*1H4;;;;;;;4*1H/q8*-1;;;;;;;;;;;;/i3*2D;2D,5D;2*5D;2*2D;;;;;;;;;4*1+1D. The second kappa shape index (κ2) is 55.7. The van der Waals surface area contributed by atoms with E-state index < -0.39 is 0 Å². The normalized spacial score (nSPS) is 10.7. The first-order valence-corrected chi connectivity index (χ1v) is 34.2. The van der Waals surface area contributed by atoms with Crippen molar-refractivity contribution in [1.29, 1.82) is 0 Å². The molecule has 116 heavy (non-hydrogen) atoms. The van der Waals surface area contributed by atoms with E-state index in [-0.39, 0.29) is 135 Å². The van der Waals surface area contributed by atoms with Gasteiger partial charge in [-0.3, -0.25) is 0 Å². The Morgan fingerprint density at radius 3 is 0.655 bits per heavy atom. The quantitative estimate of drug-likeness (QED) is 0.139. The molecule has 0 N–H and O–H groups in total. The molecule has 0 aliphatic carbocycles. The Bertz CT molecular complexity index is 5920. The zero-order chi connectivity index (χ0) is 89.3. The maximum atomic E-state index is 7.65. The molecule has 0 aliphatic rings. The smallest absolute Gasteiger partial charge is 0.0638 e. The third-order valence-corrected chi connectivity index (χ3v) is 15.6. The SMILES string of the molecule is C.C.[2H][2H].[2H][2H].[2H][2H].[2H][2H].[2H]c1cc[c-]c(-c2ccccn2)c1.[2H]c1cc[c-]c(-c2ccccn2)c1.[2H]c1cc[c-]c(-c2nccc3ccccc23)c1.[2H]c1cc[c-]c(-c2nccc3ccccc23)c1.[2H]c1cc[c-]c(-c2nccc3ccccc23)c1.[2H]c1ccc(-c2[c-]ccc([2H])c2)nc1.[2H]c1ccc(-c2[c-]cccc2)nc1.[2H]c1ccc(-c2[c-]cccc2)nc1.[Ir].[Ir].[Ir].[Ir].[Ir].[Ir]. The van der Waals surface area contributed by atoms with Gasteiger partial charge >= 0.3 is 0 Å². The Morgan fingerprint density at radius 2 is 0.414 bits per heavy atom. The molecule has 8 aromatic heterocycles. The number of hydrogen-bond donors (Lipinski definition) is 0. The summed E-state index contributed by atoms with van der Waals surface area (Å²) < 4.78 is 107. The van der Waals surface area contributed by atoms with E-state index in [9.17, 15) is 0 Å². The Hall–Kier alpha value is -10.7. The van der Waals surface area contributed by atoms with Gasteiger partial charge in [0.05, 0.1) is 4.11 Å². The van der Waals surface area contributed by atoms with Crippen LogP contribution in [0.1, 0.15) is 39.1 Å². The fourth-order valence-corrected chi connectivity index (χ4v) is 10.6. The first-order valence-electron chi connectivity index (χ1n) is 42.7. The van der Waals surface area contributed by atoms with Gasteiger partial charge in [-0.2, -0.15) is 0 Å². The summed E-state index contributed by atoms with van der Waals surface area (Å²) in [6.07, 6.45) is 13.4. The zero-order valence-corrected chi connectivity index (χ0v) is 74.7. The molecule has 0 bridgehead atoms. The van der Waals surface area contributed by atoms with Crippen molar-refractivity contribution in [2.75, 3.05) is 0 Å². The summed E-state index contributed by atoms with van der Waals surface area (Å²) in [6, 6.07) is 128. The minimum absolute atomic E-state index is 0. The summed E-state index contributed by atoms with van der Waals surface area (Å²) in [6.45, 7) is 0. The number of nitrogens with zero attached hydrogens (tertiary/aromatic N) is 8. The predicted molar refractivity (Wildman–Crippen MR) is 463 cm³/mol. The molecule has 14 heteroatoms. The average Bonchev–Trinajstić information content (AvgIpc) is 0.810. The van der Waals surface area contributed by atoms with Gasteiger partial charge in [0.2, 0.25) is 0 Å². The van der Waals surface area contributed by atoms with Gasteiger partial charge in [0, 0.05) is 190 Å². The summed E-state index contributed by atoms with van der Waals surface area (Å²) in [7, 11) is 0. The van der Waals surface area contributed by atoms with Crippen molar-refractivity contribution < 1.29 is 145 Å². The molecule has 0 aliphatic heterocycles. The van der Waals surface area contributed by atoms with E-state index in [0.717, 1.165) is 122 Å². The van der Waals surface area contributed by atoms with E-state index in [1.807, 2.05) is 170 Å². The summed E-state index contributed by atoms with van der Waals surface area (Å²) in [5.41, 5.74) is 13.9. The predicted octanol–water partition coefficient (Wildman–Crippen LogP) is 26.1. The molecule has 0 spiro atoms. The van der Waals surface area contributed by atoms with Crippen molar-refractivity contribution in [1.82, 2.24) is 39.9 Å². The number of hydrogen-bond acceptors (Lipinski definition) is 8. The van der Waals surface area contributed by atoms with Gasteiger partial charge in [-0.15, -0.1) is 287 Å². The van der Waals surface area contributed by atoms with Crippen LogP contribution >= 0.6 is 0 Å². The van der Waals surface area contributed by atoms with Crippen LogP contribution in [0.5, 0.6) is 0 Å². The molecular formula is C102H86Ir6N8-8. The van der Waals surface area contributed by atoms with E-state index in [1.54, 1.807) is 164 Å². The maximum absolute atomic E-state index is 7.65. The average molecular weight is 2590 g/mol. The summed E-state index contributed by atoms with van der Waals surface area (Å²) in [4.78, 5) is 33.9. The molecule has 0 amide bonds. The fourth-order valence-electron chi connectivity index (χ4n) is 10.6. The second-order valence-corrected chi connectivity index (χ2v) is 22.8.